The molecule has 2 heteroatoms. The number of likely N-dealkylation sites (tertiary alicyclic amines) is 1. The van der Waals surface area contributed by atoms with Gasteiger partial charge in [-0.2, -0.15) is 0 Å². The van der Waals surface area contributed by atoms with Crippen LogP contribution in [-0.2, 0) is 4.74 Å². The summed E-state index contributed by atoms with van der Waals surface area (Å²) < 4.78 is 5.20. The number of hydrogen-bond acceptors (Lipinski definition) is 2. The van der Waals surface area contributed by atoms with E-state index >= 15 is 0 Å². The summed E-state index contributed by atoms with van der Waals surface area (Å²) in [5.74, 6) is 0. The molecule has 1 fully saturated rings. The third-order valence-corrected chi connectivity index (χ3v) is 1.70. The highest BCUT2D eigenvalue weighted by Crippen LogP contribution is 2.03. The van der Waals surface area contributed by atoms with Crippen LogP contribution < -0.4 is 0 Å². The van der Waals surface area contributed by atoms with Crippen LogP contribution in [0.25, 0.3) is 0 Å². The van der Waals surface area contributed by atoms with E-state index in [0.29, 0.717) is 0 Å². The fraction of sp³-hybridized carbons (Fsp3) is 1.00. The minimum Gasteiger partial charge on any atom is -0.380 e. The molecule has 0 unspecified atom stereocenters. The van der Waals surface area contributed by atoms with Crippen molar-refractivity contribution in [1.29, 1.82) is 0 Å². The Balaban J connectivity index is 0.000000461. The molecule has 1 aliphatic rings. The van der Waals surface area contributed by atoms with E-state index < -0.39 is 0 Å². The molecule has 0 saturated carbocycles. The molecule has 1 heterocycles. The van der Waals surface area contributed by atoms with E-state index in [1.807, 2.05) is 20.8 Å². The van der Waals surface area contributed by atoms with Gasteiger partial charge in [-0.25, -0.2) is 0 Å². The Kier molecular flexibility index (Phi) is 7.96. The van der Waals surface area contributed by atoms with Crippen LogP contribution in [-0.4, -0.2) is 37.7 Å². The summed E-state index contributed by atoms with van der Waals surface area (Å²) in [6, 6.07) is 0. The van der Waals surface area contributed by atoms with Gasteiger partial charge in [-0.05, 0) is 26.4 Å². The monoisotopic (exact) mass is 159 g/mol. The average molecular weight is 159 g/mol. The average Bonchev–Trinajstić information content (AvgIpc) is 1.99. The highest BCUT2D eigenvalue weighted by molar-refractivity contribution is 4.67. The molecule has 0 N–H and O–H groups in total. The van der Waals surface area contributed by atoms with Crippen LogP contribution in [0.1, 0.15) is 27.2 Å². The number of ether oxygens (including phenoxy) is 1. The molecular weight excluding hydrogens is 138 g/mol. The van der Waals surface area contributed by atoms with Crippen molar-refractivity contribution in [3.05, 3.63) is 0 Å². The number of hydrogen-bond donors (Lipinski definition) is 0. The van der Waals surface area contributed by atoms with Crippen LogP contribution in [0.2, 0.25) is 0 Å². The van der Waals surface area contributed by atoms with Gasteiger partial charge in [0.25, 0.3) is 0 Å². The summed E-state index contributed by atoms with van der Waals surface area (Å²) >= 11 is 0. The molecule has 0 bridgehead atoms. The molecular formula is C9H21NO. The molecule has 11 heavy (non-hydrogen) atoms. The third kappa shape index (κ3) is 5.22. The zero-order valence-electron chi connectivity index (χ0n) is 8.10. The van der Waals surface area contributed by atoms with E-state index in [4.69, 9.17) is 4.74 Å². The van der Waals surface area contributed by atoms with E-state index in [1.165, 1.54) is 19.5 Å². The fourth-order valence-electron chi connectivity index (χ4n) is 0.943. The zero-order valence-corrected chi connectivity index (χ0v) is 8.10. The normalized spacial score (nSPS) is 16.6. The maximum atomic E-state index is 5.20. The van der Waals surface area contributed by atoms with E-state index in [-0.39, 0.29) is 0 Å². The molecule has 0 spiro atoms. The Labute approximate surface area is 70.5 Å². The van der Waals surface area contributed by atoms with Gasteiger partial charge in [-0.1, -0.05) is 13.8 Å². The van der Waals surface area contributed by atoms with Gasteiger partial charge in [-0.15, -0.1) is 0 Å². The smallest absolute Gasteiger partial charge is 0.0593 e. The van der Waals surface area contributed by atoms with Crippen molar-refractivity contribution in [1.82, 2.24) is 4.90 Å². The predicted octanol–water partition coefficient (Wildman–Crippen LogP) is 1.75. The lowest BCUT2D eigenvalue weighted by Gasteiger charge is -2.30. The maximum Gasteiger partial charge on any atom is 0.0593 e. The van der Waals surface area contributed by atoms with E-state index in [2.05, 4.69) is 4.90 Å². The first-order chi connectivity index (χ1) is 5.43. The van der Waals surface area contributed by atoms with Crippen LogP contribution in [0.5, 0.6) is 0 Å². The van der Waals surface area contributed by atoms with Gasteiger partial charge in [0.1, 0.15) is 0 Å². The maximum absolute atomic E-state index is 5.20. The minimum absolute atomic E-state index is 0.855. The lowest BCUT2D eigenvalue weighted by molar-refractivity contribution is 0.0878. The van der Waals surface area contributed by atoms with Crippen molar-refractivity contribution in [3.8, 4) is 0 Å². The van der Waals surface area contributed by atoms with Crippen LogP contribution >= 0.6 is 0 Å². The highest BCUT2D eigenvalue weighted by atomic mass is 16.5. The van der Waals surface area contributed by atoms with Crippen LogP contribution in [0.15, 0.2) is 0 Å². The van der Waals surface area contributed by atoms with Gasteiger partial charge in [0.05, 0.1) is 6.61 Å². The second-order valence-electron chi connectivity index (χ2n) is 2.39. The number of nitrogens with zero attached hydrogens (tertiary/aromatic N) is 1. The minimum atomic E-state index is 0.855. The Morgan fingerprint density at radius 3 is 2.27 bits per heavy atom. The second kappa shape index (κ2) is 8.02. The fourth-order valence-corrected chi connectivity index (χ4v) is 0.943. The van der Waals surface area contributed by atoms with Crippen molar-refractivity contribution in [2.24, 2.45) is 0 Å². The van der Waals surface area contributed by atoms with Gasteiger partial charge < -0.3 is 9.64 Å². The number of rotatable bonds is 4. The van der Waals surface area contributed by atoms with Gasteiger partial charge >= 0.3 is 0 Å². The zero-order chi connectivity index (χ0) is 8.53. The summed E-state index contributed by atoms with van der Waals surface area (Å²) in [5.41, 5.74) is 0. The van der Waals surface area contributed by atoms with Crippen molar-refractivity contribution < 1.29 is 4.74 Å². The van der Waals surface area contributed by atoms with E-state index in [1.54, 1.807) is 0 Å². The molecule has 68 valence electrons. The van der Waals surface area contributed by atoms with Crippen molar-refractivity contribution >= 4 is 0 Å². The summed E-state index contributed by atoms with van der Waals surface area (Å²) in [7, 11) is 0. The van der Waals surface area contributed by atoms with Crippen molar-refractivity contribution in [2.45, 2.75) is 27.2 Å². The lowest BCUT2D eigenvalue weighted by Crippen LogP contribution is -2.39. The van der Waals surface area contributed by atoms with Crippen LogP contribution in [0, 0.1) is 0 Å². The van der Waals surface area contributed by atoms with Gasteiger partial charge in [0.15, 0.2) is 0 Å². The molecule has 0 atom stereocenters. The molecule has 0 amide bonds. The van der Waals surface area contributed by atoms with E-state index in [0.717, 1.165) is 19.8 Å². The first-order valence-corrected chi connectivity index (χ1v) is 4.73. The molecule has 0 aromatic carbocycles. The molecule has 0 aliphatic carbocycles. The summed E-state index contributed by atoms with van der Waals surface area (Å²) in [4.78, 5) is 2.41. The summed E-state index contributed by atoms with van der Waals surface area (Å²) in [6.07, 6.45) is 1.38. The first kappa shape index (κ1) is 10.9. The Morgan fingerprint density at radius 2 is 1.91 bits per heavy atom. The van der Waals surface area contributed by atoms with Crippen LogP contribution in [0.4, 0.5) is 0 Å². The molecule has 0 aromatic heterocycles. The molecule has 0 aromatic rings. The second-order valence-corrected chi connectivity index (χ2v) is 2.39. The highest BCUT2D eigenvalue weighted by Gasteiger charge is 2.11. The summed E-state index contributed by atoms with van der Waals surface area (Å²) in [6.45, 7) is 11.5. The third-order valence-electron chi connectivity index (χ3n) is 1.70. The first-order valence-electron chi connectivity index (χ1n) is 4.73. The van der Waals surface area contributed by atoms with Gasteiger partial charge in [0.2, 0.25) is 0 Å². The van der Waals surface area contributed by atoms with Crippen LogP contribution in [0.3, 0.4) is 0 Å². The molecule has 1 saturated heterocycles. The SMILES string of the molecule is CC.CCOCCN1CCC1. The Hall–Kier alpha value is -0.0800. The molecule has 1 aliphatic heterocycles. The Bertz CT molecular complexity index is 72.0. The lowest BCUT2D eigenvalue weighted by atomic mass is 10.2. The molecule has 2 nitrogen and oxygen atoms in total. The molecule has 0 radical (unpaired) electrons. The predicted molar refractivity (Wildman–Crippen MR) is 48.9 cm³/mol. The quantitative estimate of drug-likeness (QED) is 0.579. The Morgan fingerprint density at radius 1 is 1.27 bits per heavy atom. The largest absolute Gasteiger partial charge is 0.380 e. The van der Waals surface area contributed by atoms with Gasteiger partial charge in [0, 0.05) is 13.2 Å². The van der Waals surface area contributed by atoms with Crippen molar-refractivity contribution in [3.63, 3.8) is 0 Å². The van der Waals surface area contributed by atoms with Crippen molar-refractivity contribution in [2.75, 3.05) is 32.8 Å². The topological polar surface area (TPSA) is 12.5 Å². The van der Waals surface area contributed by atoms with Gasteiger partial charge in [-0.3, -0.25) is 0 Å². The summed E-state index contributed by atoms with van der Waals surface area (Å²) in [5, 5.41) is 0. The molecule has 1 rings (SSSR count). The standard InChI is InChI=1S/C7H15NO.C2H6/c1-2-9-7-6-8-4-3-5-8;1-2/h2-7H2,1H3;1-2H3. The van der Waals surface area contributed by atoms with E-state index in [9.17, 15) is 0 Å².